The molecule has 1 aliphatic carbocycles. The van der Waals surface area contributed by atoms with E-state index in [0.29, 0.717) is 12.2 Å². The first-order valence-electron chi connectivity index (χ1n) is 10.8. The van der Waals surface area contributed by atoms with Gasteiger partial charge in [0.2, 0.25) is 11.8 Å². The number of nitrogens with one attached hydrogen (secondary N) is 2. The van der Waals surface area contributed by atoms with Gasteiger partial charge in [0.1, 0.15) is 5.82 Å². The number of aryl methyl sites for hydroxylation is 1. The molecule has 2 N–H and O–H groups in total. The summed E-state index contributed by atoms with van der Waals surface area (Å²) in [4.78, 5) is 28.7. The van der Waals surface area contributed by atoms with Crippen molar-refractivity contribution < 1.29 is 9.59 Å². The Labute approximate surface area is 177 Å². The summed E-state index contributed by atoms with van der Waals surface area (Å²) < 4.78 is 2.09. The molecule has 4 rings (SSSR count). The summed E-state index contributed by atoms with van der Waals surface area (Å²) in [5, 5.41) is 10.5. The van der Waals surface area contributed by atoms with Crippen molar-refractivity contribution in [2.24, 2.45) is 11.3 Å². The van der Waals surface area contributed by atoms with Crippen LogP contribution in [0.2, 0.25) is 0 Å². The number of pyridine rings is 1. The van der Waals surface area contributed by atoms with Crippen LogP contribution in [0.25, 0.3) is 11.1 Å². The zero-order valence-corrected chi connectivity index (χ0v) is 18.3. The molecular formula is C23H31N5O2. The van der Waals surface area contributed by atoms with Gasteiger partial charge in [-0.3, -0.25) is 14.3 Å². The Morgan fingerprint density at radius 1 is 1.20 bits per heavy atom. The topological polar surface area (TPSA) is 88.9 Å². The second-order valence-electron chi connectivity index (χ2n) is 9.64. The molecule has 0 saturated heterocycles. The minimum Gasteiger partial charge on any atom is -0.354 e. The Morgan fingerprint density at radius 2 is 2.00 bits per heavy atom. The van der Waals surface area contributed by atoms with Crippen LogP contribution in [0.1, 0.15) is 57.7 Å². The number of anilines is 1. The summed E-state index contributed by atoms with van der Waals surface area (Å²) >= 11 is 0. The van der Waals surface area contributed by atoms with Crippen LogP contribution in [-0.2, 0) is 22.6 Å². The Balaban J connectivity index is 1.51. The predicted octanol–water partition coefficient (Wildman–Crippen LogP) is 3.47. The smallest absolute Gasteiger partial charge is 0.228 e. The van der Waals surface area contributed by atoms with E-state index in [2.05, 4.69) is 39.2 Å². The molecule has 160 valence electrons. The quantitative estimate of drug-likeness (QED) is 0.809. The predicted molar refractivity (Wildman–Crippen MR) is 116 cm³/mol. The van der Waals surface area contributed by atoms with Crippen molar-refractivity contribution >= 4 is 17.6 Å². The molecule has 7 heteroatoms. The molecule has 0 bridgehead atoms. The van der Waals surface area contributed by atoms with Crippen LogP contribution in [0, 0.1) is 18.3 Å². The molecule has 2 amide bonds. The molecule has 30 heavy (non-hydrogen) atoms. The van der Waals surface area contributed by atoms with Gasteiger partial charge in [0.15, 0.2) is 0 Å². The van der Waals surface area contributed by atoms with Crippen LogP contribution in [0.4, 0.5) is 5.82 Å². The van der Waals surface area contributed by atoms with Crippen LogP contribution < -0.4 is 10.6 Å². The van der Waals surface area contributed by atoms with E-state index in [4.69, 9.17) is 0 Å². The number of hydrogen-bond acceptors (Lipinski definition) is 4. The zero-order chi connectivity index (χ0) is 21.5. The summed E-state index contributed by atoms with van der Waals surface area (Å²) in [7, 11) is 0. The summed E-state index contributed by atoms with van der Waals surface area (Å²) in [6, 6.07) is 2.04. The van der Waals surface area contributed by atoms with Gasteiger partial charge in [-0.15, -0.1) is 0 Å². The van der Waals surface area contributed by atoms with Crippen molar-refractivity contribution in [3.05, 3.63) is 29.7 Å². The lowest BCUT2D eigenvalue weighted by Gasteiger charge is -2.28. The lowest BCUT2D eigenvalue weighted by Crippen LogP contribution is -2.40. The third-order valence-corrected chi connectivity index (χ3v) is 6.27. The highest BCUT2D eigenvalue weighted by Gasteiger charge is 2.32. The normalized spacial score (nSPS) is 22.4. The lowest BCUT2D eigenvalue weighted by atomic mass is 9.85. The minimum absolute atomic E-state index is 0.0197. The molecule has 2 aliphatic rings. The van der Waals surface area contributed by atoms with Crippen molar-refractivity contribution in [3.8, 4) is 11.1 Å². The van der Waals surface area contributed by atoms with Crippen molar-refractivity contribution in [2.45, 2.75) is 72.4 Å². The van der Waals surface area contributed by atoms with E-state index in [1.54, 1.807) is 0 Å². The molecule has 2 aromatic heterocycles. The van der Waals surface area contributed by atoms with Crippen LogP contribution in [0.5, 0.6) is 0 Å². The van der Waals surface area contributed by atoms with Gasteiger partial charge >= 0.3 is 0 Å². The zero-order valence-electron chi connectivity index (χ0n) is 18.3. The molecule has 2 aromatic rings. The standard InChI is InChI=1S/C23H31N5O2/c1-14-11-24-21(27-22(30)16-6-5-7-17(8-16)26-15(2)29)9-18(14)19-12-25-28-13-23(3,4)10-20(19)28/h9,11-12,16-17H,5-8,10,13H2,1-4H3,(H,26,29)(H,24,27,30)/t16-,17?/m1/s1. The average Bonchev–Trinajstić information content (AvgIpc) is 3.18. The SMILES string of the molecule is CC(=O)NC1CCC[C@@H](C(=O)Nc2cc(-c3cnn4c3CC(C)(C)C4)c(C)cn2)C1. The maximum Gasteiger partial charge on any atom is 0.228 e. The van der Waals surface area contributed by atoms with Gasteiger partial charge in [-0.2, -0.15) is 5.10 Å². The summed E-state index contributed by atoms with van der Waals surface area (Å²) in [5.74, 6) is 0.402. The first-order valence-corrected chi connectivity index (χ1v) is 10.8. The highest BCUT2D eigenvalue weighted by Crippen LogP contribution is 2.38. The van der Waals surface area contributed by atoms with E-state index < -0.39 is 0 Å². The van der Waals surface area contributed by atoms with Gasteiger partial charge in [-0.25, -0.2) is 4.98 Å². The van der Waals surface area contributed by atoms with Crippen molar-refractivity contribution in [1.82, 2.24) is 20.1 Å². The molecule has 1 unspecified atom stereocenters. The number of carbonyl (C=O) groups excluding carboxylic acids is 2. The molecule has 2 atom stereocenters. The Morgan fingerprint density at radius 3 is 2.77 bits per heavy atom. The van der Waals surface area contributed by atoms with Gasteiger partial charge in [0.25, 0.3) is 0 Å². The average molecular weight is 410 g/mol. The summed E-state index contributed by atoms with van der Waals surface area (Å²) in [6.45, 7) is 9.00. The fraction of sp³-hybridized carbons (Fsp3) is 0.565. The lowest BCUT2D eigenvalue weighted by molar-refractivity contribution is -0.123. The number of nitrogens with zero attached hydrogens (tertiary/aromatic N) is 3. The van der Waals surface area contributed by atoms with Crippen molar-refractivity contribution in [1.29, 1.82) is 0 Å². The first-order chi connectivity index (χ1) is 14.2. The number of amides is 2. The third-order valence-electron chi connectivity index (χ3n) is 6.27. The van der Waals surface area contributed by atoms with Crippen molar-refractivity contribution in [3.63, 3.8) is 0 Å². The van der Waals surface area contributed by atoms with Gasteiger partial charge in [-0.05, 0) is 55.2 Å². The molecular weight excluding hydrogens is 378 g/mol. The van der Waals surface area contributed by atoms with Crippen LogP contribution in [-0.4, -0.2) is 32.6 Å². The maximum absolute atomic E-state index is 12.9. The van der Waals surface area contributed by atoms with Gasteiger partial charge in [0, 0.05) is 42.9 Å². The van der Waals surface area contributed by atoms with Gasteiger partial charge in [0.05, 0.1) is 6.20 Å². The minimum atomic E-state index is -0.108. The highest BCUT2D eigenvalue weighted by molar-refractivity contribution is 5.92. The number of hydrogen-bond donors (Lipinski definition) is 2. The Kier molecular flexibility index (Phi) is 5.38. The Hall–Kier alpha value is -2.70. The van der Waals surface area contributed by atoms with E-state index in [9.17, 15) is 9.59 Å². The monoisotopic (exact) mass is 409 g/mol. The molecule has 0 aromatic carbocycles. The van der Waals surface area contributed by atoms with E-state index in [1.165, 1.54) is 12.6 Å². The number of carbonyl (C=O) groups is 2. The Bertz CT molecular complexity index is 978. The van der Waals surface area contributed by atoms with Gasteiger partial charge < -0.3 is 10.6 Å². The fourth-order valence-electron chi connectivity index (χ4n) is 4.83. The van der Waals surface area contributed by atoms with Crippen LogP contribution >= 0.6 is 0 Å². The molecule has 1 saturated carbocycles. The number of fused-ring (bicyclic) bond motifs is 1. The van der Waals surface area contributed by atoms with Crippen LogP contribution in [0.15, 0.2) is 18.5 Å². The molecule has 1 fully saturated rings. The van der Waals surface area contributed by atoms with E-state index in [1.807, 2.05) is 25.4 Å². The molecule has 1 aliphatic heterocycles. The number of rotatable bonds is 4. The highest BCUT2D eigenvalue weighted by atomic mass is 16.2. The second-order valence-corrected chi connectivity index (χ2v) is 9.64. The fourth-order valence-corrected chi connectivity index (χ4v) is 4.83. The number of aromatic nitrogens is 3. The summed E-state index contributed by atoms with van der Waals surface area (Å²) in [5.41, 5.74) is 4.72. The molecule has 0 radical (unpaired) electrons. The third kappa shape index (κ3) is 4.25. The molecule has 7 nitrogen and oxygen atoms in total. The largest absolute Gasteiger partial charge is 0.354 e. The van der Waals surface area contributed by atoms with E-state index >= 15 is 0 Å². The van der Waals surface area contributed by atoms with Crippen LogP contribution in [0.3, 0.4) is 0 Å². The first kappa shape index (κ1) is 20.6. The molecule has 0 spiro atoms. The second kappa shape index (κ2) is 7.85. The van der Waals surface area contributed by atoms with Gasteiger partial charge in [-0.1, -0.05) is 20.3 Å². The maximum atomic E-state index is 12.9. The molecule has 3 heterocycles. The summed E-state index contributed by atoms with van der Waals surface area (Å²) in [6.07, 6.45) is 8.11. The van der Waals surface area contributed by atoms with E-state index in [0.717, 1.165) is 48.9 Å². The van der Waals surface area contributed by atoms with Crippen molar-refractivity contribution in [2.75, 3.05) is 5.32 Å². The van der Waals surface area contributed by atoms with E-state index in [-0.39, 0.29) is 29.2 Å².